The summed E-state index contributed by atoms with van der Waals surface area (Å²) in [6.45, 7) is 4.23. The van der Waals surface area contributed by atoms with E-state index in [1.807, 2.05) is 12.2 Å². The van der Waals surface area contributed by atoms with E-state index in [4.69, 9.17) is 9.47 Å². The highest BCUT2D eigenvalue weighted by Gasteiger charge is 2.34. The number of hydrogen-bond acceptors (Lipinski definition) is 3. The van der Waals surface area contributed by atoms with Gasteiger partial charge in [0.2, 0.25) is 0 Å². The monoisotopic (exact) mass is 226 g/mol. The van der Waals surface area contributed by atoms with Crippen molar-refractivity contribution in [1.82, 2.24) is 0 Å². The van der Waals surface area contributed by atoms with Crippen molar-refractivity contribution < 1.29 is 14.6 Å². The van der Waals surface area contributed by atoms with Crippen molar-refractivity contribution in [3.8, 4) is 0 Å². The second-order valence-corrected chi connectivity index (χ2v) is 4.21. The minimum atomic E-state index is -0.331. The topological polar surface area (TPSA) is 38.7 Å². The fraction of sp³-hybridized carbons (Fsp3) is 0.692. The molecule has 0 atom stereocenters. The second-order valence-electron chi connectivity index (χ2n) is 4.21. The Balaban J connectivity index is 3.13. The molecule has 3 nitrogen and oxygen atoms in total. The Hall–Kier alpha value is -0.960. The molecule has 0 bridgehead atoms. The summed E-state index contributed by atoms with van der Waals surface area (Å²) in [5.41, 5.74) is -0.331. The zero-order valence-corrected chi connectivity index (χ0v) is 10.6. The van der Waals surface area contributed by atoms with Crippen LogP contribution in [0.5, 0.6) is 0 Å². The molecule has 16 heavy (non-hydrogen) atoms. The molecule has 1 aliphatic carbocycles. The maximum absolute atomic E-state index is 9.53. The molecule has 1 rings (SSSR count). The van der Waals surface area contributed by atoms with Crippen LogP contribution < -0.4 is 0 Å². The van der Waals surface area contributed by atoms with Gasteiger partial charge in [0, 0.05) is 5.41 Å². The minimum Gasteiger partial charge on any atom is -0.501 e. The minimum absolute atomic E-state index is 0.0830. The highest BCUT2D eigenvalue weighted by atomic mass is 16.5. The lowest BCUT2D eigenvalue weighted by atomic mass is 9.77. The van der Waals surface area contributed by atoms with Crippen LogP contribution >= 0.6 is 0 Å². The number of hydrogen-bond donors (Lipinski definition) is 1. The summed E-state index contributed by atoms with van der Waals surface area (Å²) in [7, 11) is 3.34. The average Bonchev–Trinajstić information content (AvgIpc) is 2.36. The van der Waals surface area contributed by atoms with Crippen LogP contribution in [0.1, 0.15) is 26.7 Å². The van der Waals surface area contributed by atoms with Crippen LogP contribution in [0, 0.1) is 11.3 Å². The molecule has 0 spiro atoms. The molecule has 1 aliphatic rings. The number of aliphatic hydroxyl groups excluding tert-OH is 1. The molecule has 0 aromatic rings. The third-order valence-electron chi connectivity index (χ3n) is 3.38. The molecule has 0 amide bonds. The zero-order chi connectivity index (χ0) is 12.2. The molecule has 0 saturated heterocycles. The first-order chi connectivity index (χ1) is 7.66. The largest absolute Gasteiger partial charge is 0.501 e. The smallest absolute Gasteiger partial charge is 0.103 e. The Bertz CT molecular complexity index is 264. The van der Waals surface area contributed by atoms with Crippen molar-refractivity contribution in [2.75, 3.05) is 20.8 Å². The van der Waals surface area contributed by atoms with Gasteiger partial charge in [0.05, 0.1) is 26.7 Å². The van der Waals surface area contributed by atoms with Crippen molar-refractivity contribution in [1.29, 1.82) is 0 Å². The van der Waals surface area contributed by atoms with Crippen LogP contribution in [0.4, 0.5) is 0 Å². The summed E-state index contributed by atoms with van der Waals surface area (Å²) < 4.78 is 10.8. The summed E-state index contributed by atoms with van der Waals surface area (Å²) in [4.78, 5) is 0. The van der Waals surface area contributed by atoms with E-state index in [-0.39, 0.29) is 17.9 Å². The lowest BCUT2D eigenvalue weighted by Gasteiger charge is -2.33. The normalized spacial score (nSPS) is 29.4. The maximum Gasteiger partial charge on any atom is 0.103 e. The summed E-state index contributed by atoms with van der Waals surface area (Å²) in [5, 5.41) is 9.53. The first-order valence-electron chi connectivity index (χ1n) is 5.80. The van der Waals surface area contributed by atoms with Crippen LogP contribution in [0.2, 0.25) is 0 Å². The van der Waals surface area contributed by atoms with Crippen LogP contribution in [0.15, 0.2) is 23.7 Å². The predicted molar refractivity (Wildman–Crippen MR) is 63.8 cm³/mol. The molecule has 0 radical (unpaired) electrons. The van der Waals surface area contributed by atoms with Crippen molar-refractivity contribution in [2.45, 2.75) is 26.7 Å². The molecule has 92 valence electrons. The fourth-order valence-corrected chi connectivity index (χ4v) is 2.16. The maximum atomic E-state index is 9.53. The second kappa shape index (κ2) is 5.39. The van der Waals surface area contributed by atoms with Crippen molar-refractivity contribution in [3.63, 3.8) is 0 Å². The van der Waals surface area contributed by atoms with Crippen LogP contribution in [0.25, 0.3) is 0 Å². The molecule has 1 N–H and O–H groups in total. The molecule has 0 aromatic heterocycles. The summed E-state index contributed by atoms with van der Waals surface area (Å²) in [6.07, 6.45) is 5.83. The summed E-state index contributed by atoms with van der Waals surface area (Å²) >= 11 is 0. The predicted octanol–water partition coefficient (Wildman–Crippen LogP) is 2.48. The third kappa shape index (κ3) is 2.24. The van der Waals surface area contributed by atoms with E-state index in [1.54, 1.807) is 14.2 Å². The van der Waals surface area contributed by atoms with Crippen LogP contribution in [-0.2, 0) is 9.47 Å². The standard InChI is InChI=1S/C13H22O3/c1-5-10-11(15-3)7-13(6-2,9-14)8-12(10)16-4/h7-8,10,14H,5-6,9H2,1-4H3. The number of rotatable bonds is 5. The van der Waals surface area contributed by atoms with Crippen molar-refractivity contribution in [2.24, 2.45) is 11.3 Å². The fourth-order valence-electron chi connectivity index (χ4n) is 2.16. The lowest BCUT2D eigenvalue weighted by Crippen LogP contribution is -2.28. The van der Waals surface area contributed by atoms with E-state index in [0.29, 0.717) is 0 Å². The van der Waals surface area contributed by atoms with Crippen LogP contribution in [0.3, 0.4) is 0 Å². The van der Waals surface area contributed by atoms with E-state index in [2.05, 4.69) is 13.8 Å². The molecule has 3 heteroatoms. The Morgan fingerprint density at radius 2 is 1.69 bits per heavy atom. The molecule has 0 saturated carbocycles. The highest BCUT2D eigenvalue weighted by Crippen LogP contribution is 2.39. The van der Waals surface area contributed by atoms with Gasteiger partial charge in [-0.05, 0) is 25.0 Å². The SMILES string of the molecule is CCC1C(OC)=CC(CC)(CO)C=C1OC. The van der Waals surface area contributed by atoms with Crippen molar-refractivity contribution >= 4 is 0 Å². The van der Waals surface area contributed by atoms with Gasteiger partial charge in [-0.1, -0.05) is 13.8 Å². The van der Waals surface area contributed by atoms with Gasteiger partial charge in [0.25, 0.3) is 0 Å². The molecule has 0 fully saturated rings. The molecule has 0 unspecified atom stereocenters. The van der Waals surface area contributed by atoms with Gasteiger partial charge in [0.1, 0.15) is 11.5 Å². The van der Waals surface area contributed by atoms with Crippen LogP contribution in [-0.4, -0.2) is 25.9 Å². The molecule has 0 aliphatic heterocycles. The molecular weight excluding hydrogens is 204 g/mol. The summed E-state index contributed by atoms with van der Waals surface area (Å²) in [6, 6.07) is 0. The first-order valence-corrected chi connectivity index (χ1v) is 5.80. The lowest BCUT2D eigenvalue weighted by molar-refractivity contribution is 0.145. The number of ether oxygens (including phenoxy) is 2. The van der Waals surface area contributed by atoms with Gasteiger partial charge in [-0.2, -0.15) is 0 Å². The van der Waals surface area contributed by atoms with E-state index < -0.39 is 0 Å². The molecular formula is C13H22O3. The Morgan fingerprint density at radius 1 is 1.19 bits per heavy atom. The van der Waals surface area contributed by atoms with E-state index in [1.165, 1.54) is 0 Å². The van der Waals surface area contributed by atoms with Crippen molar-refractivity contribution in [3.05, 3.63) is 23.7 Å². The van der Waals surface area contributed by atoms with Gasteiger partial charge in [-0.15, -0.1) is 0 Å². The molecule has 0 heterocycles. The highest BCUT2D eigenvalue weighted by molar-refractivity contribution is 5.28. The Kier molecular flexibility index (Phi) is 4.42. The van der Waals surface area contributed by atoms with Gasteiger partial charge in [0.15, 0.2) is 0 Å². The quantitative estimate of drug-likeness (QED) is 0.782. The average molecular weight is 226 g/mol. The van der Waals surface area contributed by atoms with Gasteiger partial charge in [-0.3, -0.25) is 0 Å². The zero-order valence-electron chi connectivity index (χ0n) is 10.6. The third-order valence-corrected chi connectivity index (χ3v) is 3.38. The molecule has 0 aromatic carbocycles. The van der Waals surface area contributed by atoms with E-state index in [0.717, 1.165) is 24.4 Å². The van der Waals surface area contributed by atoms with E-state index in [9.17, 15) is 5.11 Å². The first kappa shape index (κ1) is 13.1. The van der Waals surface area contributed by atoms with E-state index >= 15 is 0 Å². The van der Waals surface area contributed by atoms with Gasteiger partial charge in [-0.25, -0.2) is 0 Å². The summed E-state index contributed by atoms with van der Waals surface area (Å²) in [5.74, 6) is 1.98. The Morgan fingerprint density at radius 3 is 1.94 bits per heavy atom. The number of methoxy groups -OCH3 is 2. The Labute approximate surface area is 97.8 Å². The van der Waals surface area contributed by atoms with Gasteiger partial charge < -0.3 is 14.6 Å². The number of aliphatic hydroxyl groups is 1. The van der Waals surface area contributed by atoms with Gasteiger partial charge >= 0.3 is 0 Å².